The molecule has 2 rings (SSSR count). The van der Waals surface area contributed by atoms with Gasteiger partial charge in [-0.05, 0) is 18.6 Å². The minimum atomic E-state index is -0.274. The first-order chi connectivity index (χ1) is 8.68. The summed E-state index contributed by atoms with van der Waals surface area (Å²) in [5.41, 5.74) is 0.921. The predicted octanol–water partition coefficient (Wildman–Crippen LogP) is 1.93. The monoisotopic (exact) mass is 304 g/mol. The molecule has 0 saturated carbocycles. The molecule has 0 bridgehead atoms. The number of hydrogen-bond acceptors (Lipinski definition) is 3. The van der Waals surface area contributed by atoms with Gasteiger partial charge in [0.2, 0.25) is 5.91 Å². The summed E-state index contributed by atoms with van der Waals surface area (Å²) in [6, 6.07) is 7.13. The Morgan fingerprint density at radius 3 is 2.89 bits per heavy atom. The smallest absolute Gasteiger partial charge is 0.240 e. The van der Waals surface area contributed by atoms with Gasteiger partial charge in [-0.15, -0.1) is 12.4 Å². The largest absolute Gasteiger partial charge is 0.378 e. The summed E-state index contributed by atoms with van der Waals surface area (Å²) in [6.07, 6.45) is 0. The molecule has 0 radical (unpaired) electrons. The zero-order valence-corrected chi connectivity index (χ0v) is 12.3. The van der Waals surface area contributed by atoms with Gasteiger partial charge in [-0.25, -0.2) is 0 Å². The molecule has 1 saturated heterocycles. The normalized spacial score (nSPS) is 20.2. The van der Waals surface area contributed by atoms with E-state index in [4.69, 9.17) is 16.3 Å². The van der Waals surface area contributed by atoms with Gasteiger partial charge in [0, 0.05) is 11.6 Å². The summed E-state index contributed by atoms with van der Waals surface area (Å²) in [7, 11) is 0. The van der Waals surface area contributed by atoms with Crippen LogP contribution < -0.4 is 10.6 Å². The first kappa shape index (κ1) is 16.2. The van der Waals surface area contributed by atoms with E-state index in [1.165, 1.54) is 0 Å². The molecule has 0 spiro atoms. The van der Waals surface area contributed by atoms with Crippen molar-refractivity contribution in [2.24, 2.45) is 0 Å². The summed E-state index contributed by atoms with van der Waals surface area (Å²) in [5, 5.41) is 6.73. The molecule has 19 heavy (non-hydrogen) atoms. The molecule has 2 atom stereocenters. The van der Waals surface area contributed by atoms with Crippen molar-refractivity contribution in [3.63, 3.8) is 0 Å². The molecule has 6 heteroatoms. The molecule has 0 aromatic heterocycles. The summed E-state index contributed by atoms with van der Waals surface area (Å²) >= 11 is 6.10. The molecule has 0 aliphatic carbocycles. The van der Waals surface area contributed by atoms with E-state index in [2.05, 4.69) is 10.6 Å². The van der Waals surface area contributed by atoms with Crippen LogP contribution in [0.2, 0.25) is 5.02 Å². The Morgan fingerprint density at radius 2 is 2.26 bits per heavy atom. The molecule has 1 amide bonds. The van der Waals surface area contributed by atoms with E-state index in [1.54, 1.807) is 0 Å². The lowest BCUT2D eigenvalue weighted by Gasteiger charge is -2.25. The van der Waals surface area contributed by atoms with Gasteiger partial charge in [-0.2, -0.15) is 0 Å². The van der Waals surface area contributed by atoms with Crippen LogP contribution in [0.1, 0.15) is 18.5 Å². The molecule has 2 N–H and O–H groups in total. The van der Waals surface area contributed by atoms with Crippen LogP contribution in [0.25, 0.3) is 0 Å². The second-order valence-electron chi connectivity index (χ2n) is 4.33. The molecule has 1 aliphatic heterocycles. The van der Waals surface area contributed by atoms with Crippen molar-refractivity contribution in [3.8, 4) is 0 Å². The lowest BCUT2D eigenvalue weighted by molar-refractivity contribution is -0.126. The zero-order valence-electron chi connectivity index (χ0n) is 10.7. The third kappa shape index (κ3) is 4.35. The van der Waals surface area contributed by atoms with Crippen LogP contribution >= 0.6 is 24.0 Å². The Morgan fingerprint density at radius 1 is 1.53 bits per heavy atom. The second kappa shape index (κ2) is 7.70. The molecular formula is C13H18Cl2N2O2. The van der Waals surface area contributed by atoms with Crippen molar-refractivity contribution in [1.29, 1.82) is 0 Å². The second-order valence-corrected chi connectivity index (χ2v) is 4.74. The van der Waals surface area contributed by atoms with Gasteiger partial charge in [0.1, 0.15) is 6.04 Å². The van der Waals surface area contributed by atoms with Crippen LogP contribution in [-0.4, -0.2) is 31.7 Å². The highest BCUT2D eigenvalue weighted by Crippen LogP contribution is 2.22. The lowest BCUT2D eigenvalue weighted by Crippen LogP contribution is -2.51. The summed E-state index contributed by atoms with van der Waals surface area (Å²) < 4.78 is 5.26. The number of benzene rings is 1. The molecule has 1 aromatic rings. The number of carbonyl (C=O) groups excluding carboxylic acids is 1. The van der Waals surface area contributed by atoms with Crippen molar-refractivity contribution < 1.29 is 9.53 Å². The molecule has 1 heterocycles. The van der Waals surface area contributed by atoms with E-state index in [-0.39, 0.29) is 30.4 Å². The maximum atomic E-state index is 12.0. The Kier molecular flexibility index (Phi) is 6.58. The molecule has 1 fully saturated rings. The van der Waals surface area contributed by atoms with Gasteiger partial charge in [-0.3, -0.25) is 4.79 Å². The highest BCUT2D eigenvalue weighted by atomic mass is 35.5. The maximum absolute atomic E-state index is 12.0. The molecular weight excluding hydrogens is 287 g/mol. The van der Waals surface area contributed by atoms with Crippen molar-refractivity contribution in [2.45, 2.75) is 19.0 Å². The summed E-state index contributed by atoms with van der Waals surface area (Å²) in [4.78, 5) is 12.0. The third-order valence-corrected chi connectivity index (χ3v) is 3.31. The third-order valence-electron chi connectivity index (χ3n) is 2.97. The van der Waals surface area contributed by atoms with Gasteiger partial charge in [0.15, 0.2) is 0 Å². The Bertz CT molecular complexity index is 423. The lowest BCUT2D eigenvalue weighted by atomic mass is 10.1. The van der Waals surface area contributed by atoms with Gasteiger partial charge in [0.25, 0.3) is 0 Å². The molecule has 1 aromatic carbocycles. The van der Waals surface area contributed by atoms with E-state index in [0.717, 1.165) is 5.56 Å². The number of nitrogens with one attached hydrogen (secondary N) is 2. The highest BCUT2D eigenvalue weighted by Gasteiger charge is 2.23. The van der Waals surface area contributed by atoms with Crippen LogP contribution in [0.15, 0.2) is 24.3 Å². The van der Waals surface area contributed by atoms with E-state index in [0.29, 0.717) is 24.8 Å². The van der Waals surface area contributed by atoms with E-state index >= 15 is 0 Å². The topological polar surface area (TPSA) is 50.4 Å². The summed E-state index contributed by atoms with van der Waals surface area (Å²) in [6.45, 7) is 3.70. The highest BCUT2D eigenvalue weighted by molar-refractivity contribution is 6.31. The van der Waals surface area contributed by atoms with Crippen molar-refractivity contribution in [2.75, 3.05) is 19.8 Å². The minimum absolute atomic E-state index is 0. The van der Waals surface area contributed by atoms with Crippen LogP contribution in [-0.2, 0) is 9.53 Å². The molecule has 4 nitrogen and oxygen atoms in total. The van der Waals surface area contributed by atoms with Crippen LogP contribution in [0.5, 0.6) is 0 Å². The summed E-state index contributed by atoms with van der Waals surface area (Å²) in [5.74, 6) is -0.0536. The van der Waals surface area contributed by atoms with Crippen LogP contribution in [0.3, 0.4) is 0 Å². The first-order valence-electron chi connectivity index (χ1n) is 6.04. The maximum Gasteiger partial charge on any atom is 0.240 e. The quantitative estimate of drug-likeness (QED) is 0.897. The van der Waals surface area contributed by atoms with E-state index < -0.39 is 0 Å². The number of hydrogen-bond donors (Lipinski definition) is 2. The Hall–Kier alpha value is -0.810. The molecule has 2 unspecified atom stereocenters. The van der Waals surface area contributed by atoms with Gasteiger partial charge >= 0.3 is 0 Å². The van der Waals surface area contributed by atoms with Gasteiger partial charge < -0.3 is 15.4 Å². The number of halogens is 2. The van der Waals surface area contributed by atoms with E-state index in [9.17, 15) is 4.79 Å². The van der Waals surface area contributed by atoms with Gasteiger partial charge in [0.05, 0.1) is 19.3 Å². The predicted molar refractivity (Wildman–Crippen MR) is 77.9 cm³/mol. The average Bonchev–Trinajstić information content (AvgIpc) is 2.40. The zero-order chi connectivity index (χ0) is 13.0. The number of morpholine rings is 1. The number of ether oxygens (including phenoxy) is 1. The van der Waals surface area contributed by atoms with Crippen molar-refractivity contribution >= 4 is 29.9 Å². The van der Waals surface area contributed by atoms with E-state index in [1.807, 2.05) is 31.2 Å². The molecule has 1 aliphatic rings. The molecule has 106 valence electrons. The fraction of sp³-hybridized carbons (Fsp3) is 0.462. The van der Waals surface area contributed by atoms with Crippen molar-refractivity contribution in [3.05, 3.63) is 34.9 Å². The number of rotatable bonds is 3. The first-order valence-corrected chi connectivity index (χ1v) is 6.42. The van der Waals surface area contributed by atoms with Crippen LogP contribution in [0.4, 0.5) is 0 Å². The Labute approximate surface area is 124 Å². The fourth-order valence-electron chi connectivity index (χ4n) is 1.95. The van der Waals surface area contributed by atoms with Gasteiger partial charge in [-0.1, -0.05) is 29.8 Å². The number of carbonyl (C=O) groups is 1. The van der Waals surface area contributed by atoms with Crippen LogP contribution in [0, 0.1) is 0 Å². The standard InChI is InChI=1S/C13H17ClN2O2.ClH/c1-9(10-4-2-3-5-11(10)14)16-13(17)12-8-18-7-6-15-12;/h2-5,9,12,15H,6-8H2,1H3,(H,16,17);1H. The average molecular weight is 305 g/mol. The number of amides is 1. The SMILES string of the molecule is CC(NC(=O)C1COCCN1)c1ccccc1Cl.Cl. The minimum Gasteiger partial charge on any atom is -0.378 e. The fourth-order valence-corrected chi connectivity index (χ4v) is 2.25. The Balaban J connectivity index is 0.00000180. The van der Waals surface area contributed by atoms with Crippen molar-refractivity contribution in [1.82, 2.24) is 10.6 Å².